The van der Waals surface area contributed by atoms with Crippen LogP contribution in [0.15, 0.2) is 42.5 Å². The van der Waals surface area contributed by atoms with Gasteiger partial charge in [0.15, 0.2) is 0 Å². The number of nitrogens with zero attached hydrogens (tertiary/aromatic N) is 1. The fourth-order valence-electron chi connectivity index (χ4n) is 1.80. The number of rotatable bonds is 3. The molecule has 0 saturated carbocycles. The highest BCUT2D eigenvalue weighted by Gasteiger charge is 2.13. The second kappa shape index (κ2) is 5.85. The summed E-state index contributed by atoms with van der Waals surface area (Å²) in [5.41, 5.74) is 1.44. The number of hydrogen-bond acceptors (Lipinski definition) is 3. The van der Waals surface area contributed by atoms with Gasteiger partial charge in [-0.1, -0.05) is 12.1 Å². The minimum atomic E-state index is -0.497. The van der Waals surface area contributed by atoms with Crippen LogP contribution in [0.2, 0.25) is 0 Å². The summed E-state index contributed by atoms with van der Waals surface area (Å²) >= 11 is 0. The van der Waals surface area contributed by atoms with Gasteiger partial charge < -0.3 is 10.6 Å². The average Bonchev–Trinajstić information content (AvgIpc) is 2.47. The zero-order valence-electron chi connectivity index (χ0n) is 10.8. The Labute approximate surface area is 115 Å². The molecule has 2 aromatic rings. The number of halogens is 1. The number of amides is 1. The molecule has 0 aliphatic rings. The van der Waals surface area contributed by atoms with Crippen molar-refractivity contribution in [2.75, 3.05) is 17.7 Å². The number of nitrogens with one attached hydrogen (secondary N) is 2. The van der Waals surface area contributed by atoms with Gasteiger partial charge in [-0.2, -0.15) is 5.26 Å². The zero-order chi connectivity index (χ0) is 14.5. The molecule has 2 N–H and O–H groups in total. The minimum Gasteiger partial charge on any atom is -0.387 e. The highest BCUT2D eigenvalue weighted by molar-refractivity contribution is 6.08. The molecule has 0 radical (unpaired) electrons. The third-order valence-corrected chi connectivity index (χ3v) is 2.79. The molecule has 0 aliphatic heterocycles. The maximum absolute atomic E-state index is 13.3. The Morgan fingerprint density at radius 1 is 1.20 bits per heavy atom. The van der Waals surface area contributed by atoms with Crippen molar-refractivity contribution in [1.82, 2.24) is 0 Å². The van der Waals surface area contributed by atoms with Crippen LogP contribution in [0.5, 0.6) is 0 Å². The van der Waals surface area contributed by atoms with E-state index in [-0.39, 0.29) is 5.56 Å². The number of hydrogen-bond donors (Lipinski definition) is 2. The lowest BCUT2D eigenvalue weighted by atomic mass is 10.1. The Morgan fingerprint density at radius 2 is 1.95 bits per heavy atom. The highest BCUT2D eigenvalue weighted by atomic mass is 19.1. The normalized spacial score (nSPS) is 9.65. The largest absolute Gasteiger partial charge is 0.387 e. The summed E-state index contributed by atoms with van der Waals surface area (Å²) in [5, 5.41) is 14.4. The molecule has 0 fully saturated rings. The third kappa shape index (κ3) is 2.75. The van der Waals surface area contributed by atoms with E-state index >= 15 is 0 Å². The van der Waals surface area contributed by atoms with Gasteiger partial charge in [-0.05, 0) is 30.3 Å². The van der Waals surface area contributed by atoms with E-state index in [9.17, 15) is 9.18 Å². The first-order valence-electron chi connectivity index (χ1n) is 5.93. The van der Waals surface area contributed by atoms with Crippen molar-refractivity contribution < 1.29 is 9.18 Å². The molecule has 2 rings (SSSR count). The maximum Gasteiger partial charge on any atom is 0.257 e. The molecule has 4 nitrogen and oxygen atoms in total. The lowest BCUT2D eigenvalue weighted by molar-refractivity contribution is 0.102. The van der Waals surface area contributed by atoms with E-state index in [0.29, 0.717) is 16.9 Å². The molecule has 0 heterocycles. The van der Waals surface area contributed by atoms with Crippen molar-refractivity contribution in [1.29, 1.82) is 5.26 Å². The van der Waals surface area contributed by atoms with Gasteiger partial charge in [0.1, 0.15) is 11.9 Å². The van der Waals surface area contributed by atoms with Crippen LogP contribution in [0.4, 0.5) is 15.8 Å². The molecule has 0 atom stereocenters. The summed E-state index contributed by atoms with van der Waals surface area (Å²) in [5.74, 6) is -0.973. The molecule has 0 aliphatic carbocycles. The van der Waals surface area contributed by atoms with Crippen LogP contribution in [-0.2, 0) is 0 Å². The predicted octanol–water partition coefficient (Wildman–Crippen LogP) is 2.99. The first-order valence-corrected chi connectivity index (χ1v) is 5.93. The van der Waals surface area contributed by atoms with Gasteiger partial charge >= 0.3 is 0 Å². The van der Waals surface area contributed by atoms with Crippen LogP contribution in [0.3, 0.4) is 0 Å². The van der Waals surface area contributed by atoms with Crippen LogP contribution in [0.25, 0.3) is 0 Å². The Hall–Kier alpha value is -2.87. The third-order valence-electron chi connectivity index (χ3n) is 2.79. The summed E-state index contributed by atoms with van der Waals surface area (Å²) in [4.78, 5) is 12.2. The van der Waals surface area contributed by atoms with Gasteiger partial charge in [-0.25, -0.2) is 4.39 Å². The summed E-state index contributed by atoms with van der Waals surface area (Å²) in [7, 11) is 1.65. The number of carbonyl (C=O) groups is 1. The number of nitriles is 1. The molecular formula is C15H12FN3O. The van der Waals surface area contributed by atoms with E-state index in [1.54, 1.807) is 31.3 Å². The second-order valence-corrected chi connectivity index (χ2v) is 4.05. The Kier molecular flexibility index (Phi) is 3.96. The van der Waals surface area contributed by atoms with Crippen LogP contribution in [0, 0.1) is 17.1 Å². The topological polar surface area (TPSA) is 64.9 Å². The molecule has 0 spiro atoms. The number of anilines is 2. The Balaban J connectivity index is 2.33. The first-order chi connectivity index (χ1) is 9.65. The van der Waals surface area contributed by atoms with Gasteiger partial charge in [-0.3, -0.25) is 4.79 Å². The number of para-hydroxylation sites is 1. The van der Waals surface area contributed by atoms with Crippen molar-refractivity contribution in [2.45, 2.75) is 0 Å². The monoisotopic (exact) mass is 269 g/mol. The Bertz CT molecular complexity index is 692. The molecule has 2 aromatic carbocycles. The van der Waals surface area contributed by atoms with Gasteiger partial charge in [0.05, 0.1) is 16.8 Å². The summed E-state index contributed by atoms with van der Waals surface area (Å²) in [6.45, 7) is 0. The van der Waals surface area contributed by atoms with Crippen LogP contribution < -0.4 is 10.6 Å². The van der Waals surface area contributed by atoms with Gasteiger partial charge in [0.2, 0.25) is 0 Å². The standard InChI is InChI=1S/C15H12FN3O/c1-18-14-7-6-11(16)8-12(14)15(20)19-13-5-3-2-4-10(13)9-17/h2-8,18H,1H3,(H,19,20). The quantitative estimate of drug-likeness (QED) is 0.900. The van der Waals surface area contributed by atoms with Crippen molar-refractivity contribution in [3.05, 3.63) is 59.4 Å². The fraction of sp³-hybridized carbons (Fsp3) is 0.0667. The summed E-state index contributed by atoms with van der Waals surface area (Å²) < 4.78 is 13.3. The predicted molar refractivity (Wildman–Crippen MR) is 75.1 cm³/mol. The highest BCUT2D eigenvalue weighted by Crippen LogP contribution is 2.20. The van der Waals surface area contributed by atoms with Crippen LogP contribution in [-0.4, -0.2) is 13.0 Å². The second-order valence-electron chi connectivity index (χ2n) is 4.05. The van der Waals surface area contributed by atoms with Crippen LogP contribution in [0.1, 0.15) is 15.9 Å². The van der Waals surface area contributed by atoms with E-state index in [1.807, 2.05) is 6.07 Å². The Morgan fingerprint density at radius 3 is 2.65 bits per heavy atom. The molecule has 5 heteroatoms. The minimum absolute atomic E-state index is 0.181. The van der Waals surface area contributed by atoms with E-state index in [0.717, 1.165) is 6.07 Å². The zero-order valence-corrected chi connectivity index (χ0v) is 10.8. The molecular weight excluding hydrogens is 257 g/mol. The SMILES string of the molecule is CNc1ccc(F)cc1C(=O)Nc1ccccc1C#N. The van der Waals surface area contributed by atoms with Crippen molar-refractivity contribution in [3.63, 3.8) is 0 Å². The van der Waals surface area contributed by atoms with E-state index in [2.05, 4.69) is 10.6 Å². The number of carbonyl (C=O) groups excluding carboxylic acids is 1. The summed E-state index contributed by atoms with van der Waals surface area (Å²) in [6.07, 6.45) is 0. The van der Waals surface area contributed by atoms with Gasteiger partial charge in [0.25, 0.3) is 5.91 Å². The average molecular weight is 269 g/mol. The molecule has 1 amide bonds. The maximum atomic E-state index is 13.3. The molecule has 0 aromatic heterocycles. The molecule has 0 unspecified atom stereocenters. The molecule has 20 heavy (non-hydrogen) atoms. The lowest BCUT2D eigenvalue weighted by Gasteiger charge is -2.10. The van der Waals surface area contributed by atoms with E-state index in [1.165, 1.54) is 12.1 Å². The smallest absolute Gasteiger partial charge is 0.257 e. The molecule has 0 bridgehead atoms. The van der Waals surface area contributed by atoms with Gasteiger partial charge in [-0.15, -0.1) is 0 Å². The van der Waals surface area contributed by atoms with Crippen molar-refractivity contribution in [2.24, 2.45) is 0 Å². The summed E-state index contributed by atoms with van der Waals surface area (Å²) in [6, 6.07) is 12.5. The van der Waals surface area contributed by atoms with E-state index < -0.39 is 11.7 Å². The van der Waals surface area contributed by atoms with Gasteiger partial charge in [0, 0.05) is 12.7 Å². The van der Waals surface area contributed by atoms with E-state index in [4.69, 9.17) is 5.26 Å². The number of benzene rings is 2. The molecule has 0 saturated heterocycles. The first kappa shape index (κ1) is 13.6. The van der Waals surface area contributed by atoms with Crippen molar-refractivity contribution in [3.8, 4) is 6.07 Å². The van der Waals surface area contributed by atoms with Crippen molar-refractivity contribution >= 4 is 17.3 Å². The molecule has 100 valence electrons. The lowest BCUT2D eigenvalue weighted by Crippen LogP contribution is -2.15. The fourth-order valence-corrected chi connectivity index (χ4v) is 1.80. The van der Waals surface area contributed by atoms with Crippen LogP contribution >= 0.6 is 0 Å².